The second kappa shape index (κ2) is 6.07. The molecule has 3 heterocycles. The molecule has 10 heteroatoms. The van der Waals surface area contributed by atoms with E-state index in [0.29, 0.717) is 17.3 Å². The summed E-state index contributed by atoms with van der Waals surface area (Å²) in [5, 5.41) is 30.4. The van der Waals surface area contributed by atoms with Crippen LogP contribution in [0.2, 0.25) is 0 Å². The third-order valence-electron chi connectivity index (χ3n) is 4.15. The summed E-state index contributed by atoms with van der Waals surface area (Å²) < 4.78 is 7.01. The Labute approximate surface area is 136 Å². The number of hydrogen-bond donors (Lipinski definition) is 4. The first kappa shape index (κ1) is 16.7. The second-order valence-corrected chi connectivity index (χ2v) is 5.72. The van der Waals surface area contributed by atoms with Gasteiger partial charge in [0.2, 0.25) is 0 Å². The van der Waals surface area contributed by atoms with Crippen molar-refractivity contribution in [2.75, 3.05) is 19.2 Å². The Morgan fingerprint density at radius 2 is 2.29 bits per heavy atom. The van der Waals surface area contributed by atoms with Gasteiger partial charge in [-0.25, -0.2) is 15.4 Å². The van der Waals surface area contributed by atoms with Gasteiger partial charge in [-0.2, -0.15) is 0 Å². The van der Waals surface area contributed by atoms with E-state index in [0.717, 1.165) is 0 Å². The predicted octanol–water partition coefficient (Wildman–Crippen LogP) is -0.781. The third-order valence-corrected chi connectivity index (χ3v) is 4.15. The van der Waals surface area contributed by atoms with E-state index in [1.165, 1.54) is 31.1 Å². The number of aliphatic hydroxyl groups excluding tert-OH is 2. The van der Waals surface area contributed by atoms with Gasteiger partial charge in [-0.1, -0.05) is 0 Å². The average molecular weight is 338 g/mol. The number of fused-ring (bicyclic) bond motifs is 1. The van der Waals surface area contributed by atoms with E-state index in [1.54, 1.807) is 0 Å². The normalized spacial score (nSPS) is 30.0. The van der Waals surface area contributed by atoms with E-state index in [1.807, 2.05) is 0 Å². The number of carbonyl (C=O) groups is 1. The van der Waals surface area contributed by atoms with E-state index in [-0.39, 0.29) is 11.4 Å². The van der Waals surface area contributed by atoms with Crippen LogP contribution in [0.1, 0.15) is 23.5 Å². The van der Waals surface area contributed by atoms with Crippen LogP contribution >= 0.6 is 0 Å². The first-order chi connectivity index (χ1) is 11.5. The maximum atomic E-state index is 11.4. The SMILES string of the molecule is CONc1ncnc2c1c(C=O)cn2C1OC(CO)C(O)[C@@]1(C)O. The minimum atomic E-state index is -1.70. The molecular weight excluding hydrogens is 320 g/mol. The first-order valence-electron chi connectivity index (χ1n) is 7.22. The Bertz CT molecular complexity index is 761. The molecule has 0 aliphatic carbocycles. The molecule has 3 rings (SSSR count). The number of nitrogens with one attached hydrogen (secondary N) is 1. The fourth-order valence-corrected chi connectivity index (χ4v) is 2.95. The zero-order valence-corrected chi connectivity index (χ0v) is 13.1. The Morgan fingerprint density at radius 3 is 2.88 bits per heavy atom. The molecule has 10 nitrogen and oxygen atoms in total. The number of ether oxygens (including phenoxy) is 1. The molecule has 4 N–H and O–H groups in total. The number of hydrogen-bond acceptors (Lipinski definition) is 9. The molecule has 1 aliphatic heterocycles. The molecule has 0 spiro atoms. The van der Waals surface area contributed by atoms with Gasteiger partial charge in [0.25, 0.3) is 0 Å². The van der Waals surface area contributed by atoms with Crippen LogP contribution in [0.3, 0.4) is 0 Å². The molecule has 2 aromatic heterocycles. The number of aldehydes is 1. The standard InChI is InChI=1S/C14H18N4O6/c1-14(22)10(21)8(5-20)24-13(14)18-3-7(4-19)9-11(17-23-2)15-6-16-12(9)18/h3-4,6,8,10,13,20-22H,5H2,1-2H3,(H,15,16,17)/t8?,10?,13?,14-/m1/s1. The minimum Gasteiger partial charge on any atom is -0.394 e. The van der Waals surface area contributed by atoms with E-state index < -0.39 is 30.6 Å². The molecular formula is C14H18N4O6. The summed E-state index contributed by atoms with van der Waals surface area (Å²) in [5.74, 6) is 0.278. The van der Waals surface area contributed by atoms with Crippen molar-refractivity contribution in [1.82, 2.24) is 14.5 Å². The molecule has 1 saturated heterocycles. The van der Waals surface area contributed by atoms with Crippen LogP contribution in [-0.2, 0) is 9.57 Å². The van der Waals surface area contributed by atoms with E-state index in [2.05, 4.69) is 15.4 Å². The van der Waals surface area contributed by atoms with Crippen LogP contribution in [0.15, 0.2) is 12.5 Å². The summed E-state index contributed by atoms with van der Waals surface area (Å²) in [5.41, 5.74) is 1.43. The van der Waals surface area contributed by atoms with Crippen LogP contribution in [0.5, 0.6) is 0 Å². The molecule has 2 aromatic rings. The van der Waals surface area contributed by atoms with Gasteiger partial charge in [-0.15, -0.1) is 0 Å². The van der Waals surface area contributed by atoms with Crippen molar-refractivity contribution in [2.45, 2.75) is 31.0 Å². The lowest BCUT2D eigenvalue weighted by molar-refractivity contribution is -0.0948. The highest BCUT2D eigenvalue weighted by Gasteiger charge is 2.53. The highest BCUT2D eigenvalue weighted by Crippen LogP contribution is 2.40. The summed E-state index contributed by atoms with van der Waals surface area (Å²) in [6.45, 7) is 0.929. The van der Waals surface area contributed by atoms with Crippen LogP contribution in [-0.4, -0.2) is 67.7 Å². The van der Waals surface area contributed by atoms with E-state index in [9.17, 15) is 20.1 Å². The molecule has 1 aliphatic rings. The molecule has 3 unspecified atom stereocenters. The van der Waals surface area contributed by atoms with Crippen molar-refractivity contribution in [3.8, 4) is 0 Å². The van der Waals surface area contributed by atoms with Crippen molar-refractivity contribution in [3.63, 3.8) is 0 Å². The summed E-state index contributed by atoms with van der Waals surface area (Å²) in [6, 6.07) is 0. The van der Waals surface area contributed by atoms with Gasteiger partial charge >= 0.3 is 0 Å². The van der Waals surface area contributed by atoms with Crippen LogP contribution in [0, 0.1) is 0 Å². The van der Waals surface area contributed by atoms with Crippen LogP contribution in [0.4, 0.5) is 5.82 Å². The van der Waals surface area contributed by atoms with Gasteiger partial charge in [-0.05, 0) is 6.92 Å². The number of carbonyl (C=O) groups excluding carboxylic acids is 1. The number of aliphatic hydroxyl groups is 3. The number of rotatable bonds is 5. The van der Waals surface area contributed by atoms with Gasteiger partial charge in [0.1, 0.15) is 29.8 Å². The Kier molecular flexibility index (Phi) is 4.24. The largest absolute Gasteiger partial charge is 0.394 e. The fourth-order valence-electron chi connectivity index (χ4n) is 2.95. The second-order valence-electron chi connectivity index (χ2n) is 5.72. The van der Waals surface area contributed by atoms with Crippen LogP contribution in [0.25, 0.3) is 11.0 Å². The first-order valence-corrected chi connectivity index (χ1v) is 7.22. The molecule has 0 amide bonds. The lowest BCUT2D eigenvalue weighted by Gasteiger charge is -2.27. The lowest BCUT2D eigenvalue weighted by atomic mass is 9.96. The monoisotopic (exact) mass is 338 g/mol. The molecule has 0 radical (unpaired) electrons. The van der Waals surface area contributed by atoms with Gasteiger partial charge in [0.05, 0.1) is 19.1 Å². The molecule has 4 atom stereocenters. The summed E-state index contributed by atoms with van der Waals surface area (Å²) in [7, 11) is 1.40. The van der Waals surface area contributed by atoms with Gasteiger partial charge in [0, 0.05) is 11.8 Å². The fraction of sp³-hybridized carbons (Fsp3) is 0.500. The summed E-state index contributed by atoms with van der Waals surface area (Å²) in [6.07, 6.45) is 0.0128. The van der Waals surface area contributed by atoms with Gasteiger partial charge < -0.3 is 24.6 Å². The summed E-state index contributed by atoms with van der Waals surface area (Å²) in [4.78, 5) is 24.4. The van der Waals surface area contributed by atoms with Crippen molar-refractivity contribution in [2.24, 2.45) is 0 Å². The minimum absolute atomic E-state index is 0.256. The zero-order valence-electron chi connectivity index (χ0n) is 13.1. The quantitative estimate of drug-likeness (QED) is 0.408. The highest BCUT2D eigenvalue weighted by molar-refractivity contribution is 6.01. The van der Waals surface area contributed by atoms with Crippen molar-refractivity contribution >= 4 is 23.1 Å². The van der Waals surface area contributed by atoms with Gasteiger partial charge in [0.15, 0.2) is 18.3 Å². The smallest absolute Gasteiger partial charge is 0.167 e. The zero-order chi connectivity index (χ0) is 17.5. The number of anilines is 1. The molecule has 0 aromatic carbocycles. The molecule has 1 fully saturated rings. The molecule has 0 bridgehead atoms. The molecule has 130 valence electrons. The van der Waals surface area contributed by atoms with E-state index in [4.69, 9.17) is 9.57 Å². The van der Waals surface area contributed by atoms with Crippen molar-refractivity contribution in [3.05, 3.63) is 18.1 Å². The third kappa shape index (κ3) is 2.36. The maximum Gasteiger partial charge on any atom is 0.167 e. The Hall–Kier alpha value is -2.11. The average Bonchev–Trinajstić information content (AvgIpc) is 3.04. The Morgan fingerprint density at radius 1 is 1.54 bits per heavy atom. The molecule has 24 heavy (non-hydrogen) atoms. The highest BCUT2D eigenvalue weighted by atomic mass is 16.6. The summed E-state index contributed by atoms with van der Waals surface area (Å²) >= 11 is 0. The predicted molar refractivity (Wildman–Crippen MR) is 81.2 cm³/mol. The van der Waals surface area contributed by atoms with Crippen molar-refractivity contribution < 1.29 is 29.7 Å². The van der Waals surface area contributed by atoms with Crippen LogP contribution < -0.4 is 5.48 Å². The lowest BCUT2D eigenvalue weighted by Crippen LogP contribution is -2.44. The maximum absolute atomic E-state index is 11.4. The Balaban J connectivity index is 2.17. The van der Waals surface area contributed by atoms with E-state index >= 15 is 0 Å². The van der Waals surface area contributed by atoms with Crippen molar-refractivity contribution in [1.29, 1.82) is 0 Å². The number of aromatic nitrogens is 3. The topological polar surface area (TPSA) is 139 Å². The van der Waals surface area contributed by atoms with Gasteiger partial charge in [-0.3, -0.25) is 9.63 Å². The molecule has 0 saturated carbocycles. The number of nitrogens with zero attached hydrogens (tertiary/aromatic N) is 3.